The number of allylic oxidation sites excluding steroid dienone is 4. The maximum Gasteiger partial charge on any atom is 0.331 e. The van der Waals surface area contributed by atoms with Crippen LogP contribution in [0.4, 0.5) is 0 Å². The van der Waals surface area contributed by atoms with Crippen LogP contribution in [0.15, 0.2) is 46.1 Å². The van der Waals surface area contributed by atoms with Crippen molar-refractivity contribution in [1.82, 2.24) is 0 Å². The fourth-order valence-electron chi connectivity index (χ4n) is 4.52. The molecule has 0 saturated carbocycles. The molecule has 4 nitrogen and oxygen atoms in total. The number of carbonyl (C=O) groups is 1. The van der Waals surface area contributed by atoms with Gasteiger partial charge in [-0.05, 0) is 69.8 Å². The van der Waals surface area contributed by atoms with Crippen molar-refractivity contribution in [2.45, 2.75) is 85.2 Å². The van der Waals surface area contributed by atoms with Crippen molar-refractivity contribution in [3.63, 3.8) is 0 Å². The van der Waals surface area contributed by atoms with Crippen molar-refractivity contribution >= 4 is 5.97 Å². The van der Waals surface area contributed by atoms with Gasteiger partial charge in [0.05, 0.1) is 13.2 Å². The summed E-state index contributed by atoms with van der Waals surface area (Å²) in [7, 11) is 0. The van der Waals surface area contributed by atoms with Gasteiger partial charge in [-0.3, -0.25) is 0 Å². The normalized spacial score (nSPS) is 22.8. The summed E-state index contributed by atoms with van der Waals surface area (Å²) in [6.07, 6.45) is 13.4. The van der Waals surface area contributed by atoms with E-state index in [2.05, 4.69) is 33.8 Å². The third kappa shape index (κ3) is 6.97. The summed E-state index contributed by atoms with van der Waals surface area (Å²) < 4.78 is 5.18. The van der Waals surface area contributed by atoms with Crippen LogP contribution in [-0.4, -0.2) is 35.5 Å². The molecule has 0 fully saturated rings. The highest BCUT2D eigenvalue weighted by atomic mass is 16.5. The number of carbonyl (C=O) groups excluding carboxylic acids is 1. The molecule has 0 bridgehead atoms. The molecule has 1 aliphatic heterocycles. The van der Waals surface area contributed by atoms with Crippen LogP contribution in [0.2, 0.25) is 0 Å². The minimum absolute atomic E-state index is 0.00595. The number of rotatable bonds is 10. The Morgan fingerprint density at radius 2 is 2.03 bits per heavy atom. The van der Waals surface area contributed by atoms with Gasteiger partial charge < -0.3 is 14.9 Å². The molecular formula is C25H38O4. The molecule has 2 aliphatic rings. The lowest BCUT2D eigenvalue weighted by atomic mass is 9.71. The number of hydrogen-bond acceptors (Lipinski definition) is 4. The first-order valence-corrected chi connectivity index (χ1v) is 10.9. The zero-order valence-electron chi connectivity index (χ0n) is 18.6. The molecule has 0 spiro atoms. The van der Waals surface area contributed by atoms with Gasteiger partial charge in [0.25, 0.3) is 0 Å². The summed E-state index contributed by atoms with van der Waals surface area (Å²) in [6, 6.07) is 0. The third-order valence-corrected chi connectivity index (χ3v) is 6.39. The van der Waals surface area contributed by atoms with Crippen LogP contribution in [0.1, 0.15) is 79.1 Å². The SMILES string of the molecule is CC1=C(CC/C(C)=C/CC/C(=C/CC2OC(=O)C=C2CO)CO)C(C)(C)CCC1. The summed E-state index contributed by atoms with van der Waals surface area (Å²) in [5.41, 5.74) is 6.52. The maximum absolute atomic E-state index is 11.3. The molecule has 0 aromatic heterocycles. The Morgan fingerprint density at radius 1 is 1.28 bits per heavy atom. The zero-order valence-corrected chi connectivity index (χ0v) is 18.6. The molecule has 0 saturated heterocycles. The monoisotopic (exact) mass is 402 g/mol. The topological polar surface area (TPSA) is 66.8 Å². The van der Waals surface area contributed by atoms with Crippen molar-refractivity contribution in [2.75, 3.05) is 13.2 Å². The van der Waals surface area contributed by atoms with E-state index >= 15 is 0 Å². The van der Waals surface area contributed by atoms with Crippen LogP contribution in [0.3, 0.4) is 0 Å². The Labute approximate surface area is 176 Å². The van der Waals surface area contributed by atoms with Crippen molar-refractivity contribution in [2.24, 2.45) is 5.41 Å². The second-order valence-corrected chi connectivity index (χ2v) is 9.14. The number of esters is 1. The highest BCUT2D eigenvalue weighted by Crippen LogP contribution is 2.42. The zero-order chi connectivity index (χ0) is 21.4. The molecule has 1 aliphatic carbocycles. The summed E-state index contributed by atoms with van der Waals surface area (Å²) in [5.74, 6) is -0.400. The van der Waals surface area contributed by atoms with Crippen molar-refractivity contribution in [3.05, 3.63) is 46.1 Å². The first kappa shape index (κ1) is 23.6. The Kier molecular flexibility index (Phi) is 8.91. The van der Waals surface area contributed by atoms with Gasteiger partial charge in [0.15, 0.2) is 0 Å². The second kappa shape index (κ2) is 10.9. The van der Waals surface area contributed by atoms with E-state index in [-0.39, 0.29) is 13.2 Å². The molecule has 2 rings (SSSR count). The number of ether oxygens (including phenoxy) is 1. The van der Waals surface area contributed by atoms with Gasteiger partial charge in [0.1, 0.15) is 6.10 Å². The quantitative estimate of drug-likeness (QED) is 0.391. The van der Waals surface area contributed by atoms with Crippen LogP contribution in [-0.2, 0) is 9.53 Å². The molecule has 29 heavy (non-hydrogen) atoms. The van der Waals surface area contributed by atoms with E-state index in [0.717, 1.165) is 31.3 Å². The van der Waals surface area contributed by atoms with E-state index in [0.29, 0.717) is 17.4 Å². The summed E-state index contributed by atoms with van der Waals surface area (Å²) >= 11 is 0. The van der Waals surface area contributed by atoms with Gasteiger partial charge in [0, 0.05) is 18.1 Å². The smallest absolute Gasteiger partial charge is 0.331 e. The van der Waals surface area contributed by atoms with E-state index in [1.54, 1.807) is 11.1 Å². The van der Waals surface area contributed by atoms with Crippen LogP contribution >= 0.6 is 0 Å². The lowest BCUT2D eigenvalue weighted by Crippen LogP contribution is -2.20. The molecule has 4 heteroatoms. The van der Waals surface area contributed by atoms with Gasteiger partial charge in [-0.1, -0.05) is 42.7 Å². The Bertz CT molecular complexity index is 706. The Balaban J connectivity index is 1.82. The standard InChI is InChI=1S/C25H38O4/c1-18(10-12-22-19(2)8-6-14-25(22,3)4)7-5-9-20(16-26)11-13-23-21(17-27)15-24(28)29-23/h7,11,15,23,26-27H,5-6,8-10,12-14,16-17H2,1-4H3/b18-7+,20-11-. The van der Waals surface area contributed by atoms with Gasteiger partial charge in [-0.25, -0.2) is 4.79 Å². The number of aliphatic hydroxyl groups is 2. The Morgan fingerprint density at radius 3 is 2.69 bits per heavy atom. The van der Waals surface area contributed by atoms with Gasteiger partial charge >= 0.3 is 5.97 Å². The van der Waals surface area contributed by atoms with Crippen LogP contribution in [0, 0.1) is 5.41 Å². The lowest BCUT2D eigenvalue weighted by molar-refractivity contribution is -0.138. The molecule has 1 atom stereocenters. The van der Waals surface area contributed by atoms with Crippen molar-refractivity contribution in [1.29, 1.82) is 0 Å². The van der Waals surface area contributed by atoms with Crippen molar-refractivity contribution in [3.8, 4) is 0 Å². The fraction of sp³-hybridized carbons (Fsp3) is 0.640. The first-order chi connectivity index (χ1) is 13.8. The summed E-state index contributed by atoms with van der Waals surface area (Å²) in [5, 5.41) is 18.9. The Hall–Kier alpha value is -1.65. The van der Waals surface area contributed by atoms with Crippen LogP contribution in [0.25, 0.3) is 0 Å². The highest BCUT2D eigenvalue weighted by molar-refractivity contribution is 5.85. The molecule has 0 aromatic rings. The number of hydrogen-bond donors (Lipinski definition) is 2. The molecule has 1 unspecified atom stereocenters. The van der Waals surface area contributed by atoms with E-state index in [4.69, 9.17) is 4.74 Å². The van der Waals surface area contributed by atoms with Gasteiger partial charge in [-0.15, -0.1) is 0 Å². The molecule has 162 valence electrons. The highest BCUT2D eigenvalue weighted by Gasteiger charge is 2.27. The van der Waals surface area contributed by atoms with Crippen LogP contribution < -0.4 is 0 Å². The molecule has 0 radical (unpaired) electrons. The largest absolute Gasteiger partial charge is 0.454 e. The molecule has 0 amide bonds. The predicted octanol–water partition coefficient (Wildman–Crippen LogP) is 5.17. The average molecular weight is 403 g/mol. The van der Waals surface area contributed by atoms with E-state index in [1.807, 2.05) is 6.08 Å². The predicted molar refractivity (Wildman–Crippen MR) is 117 cm³/mol. The van der Waals surface area contributed by atoms with Crippen molar-refractivity contribution < 1.29 is 19.7 Å². The first-order valence-electron chi connectivity index (χ1n) is 10.9. The van der Waals surface area contributed by atoms with E-state index < -0.39 is 12.1 Å². The van der Waals surface area contributed by atoms with Gasteiger partial charge in [-0.2, -0.15) is 0 Å². The number of aliphatic hydroxyl groups excluding tert-OH is 2. The van der Waals surface area contributed by atoms with E-state index in [9.17, 15) is 15.0 Å². The molecule has 2 N–H and O–H groups in total. The lowest BCUT2D eigenvalue weighted by Gasteiger charge is -2.35. The third-order valence-electron chi connectivity index (χ3n) is 6.39. The minimum Gasteiger partial charge on any atom is -0.454 e. The molecule has 1 heterocycles. The van der Waals surface area contributed by atoms with Crippen LogP contribution in [0.5, 0.6) is 0 Å². The van der Waals surface area contributed by atoms with E-state index in [1.165, 1.54) is 30.9 Å². The average Bonchev–Trinajstić information content (AvgIpc) is 3.03. The second-order valence-electron chi connectivity index (χ2n) is 9.14. The summed E-state index contributed by atoms with van der Waals surface area (Å²) in [6.45, 7) is 9.08. The molecule has 0 aromatic carbocycles. The summed E-state index contributed by atoms with van der Waals surface area (Å²) in [4.78, 5) is 11.3. The maximum atomic E-state index is 11.3. The minimum atomic E-state index is -0.401. The van der Waals surface area contributed by atoms with Gasteiger partial charge in [0.2, 0.25) is 0 Å². The fourth-order valence-corrected chi connectivity index (χ4v) is 4.52. The molecular weight excluding hydrogens is 364 g/mol. The number of cyclic esters (lactones) is 1.